The second-order valence-electron chi connectivity index (χ2n) is 4.96. The van der Waals surface area contributed by atoms with Crippen molar-refractivity contribution in [3.8, 4) is 0 Å². The number of anilines is 1. The molecule has 3 nitrogen and oxygen atoms in total. The average Bonchev–Trinajstić information content (AvgIpc) is 3.10. The molecular formula is C17H15NO2S. The molecule has 0 bridgehead atoms. The van der Waals surface area contributed by atoms with Crippen molar-refractivity contribution in [2.75, 3.05) is 19.0 Å². The van der Waals surface area contributed by atoms with Gasteiger partial charge < -0.3 is 9.64 Å². The number of carbonyl (C=O) groups excluding carboxylic acids is 1. The number of thiophene rings is 1. The number of rotatable bonds is 3. The van der Waals surface area contributed by atoms with Crippen LogP contribution in [0, 0.1) is 0 Å². The Labute approximate surface area is 127 Å². The van der Waals surface area contributed by atoms with Crippen LogP contribution >= 0.6 is 11.3 Å². The highest BCUT2D eigenvalue weighted by Crippen LogP contribution is 2.30. The van der Waals surface area contributed by atoms with E-state index in [4.69, 9.17) is 4.74 Å². The van der Waals surface area contributed by atoms with E-state index in [9.17, 15) is 4.79 Å². The lowest BCUT2D eigenvalue weighted by Gasteiger charge is -2.11. The zero-order chi connectivity index (χ0) is 14.8. The van der Waals surface area contributed by atoms with Crippen molar-refractivity contribution in [3.63, 3.8) is 0 Å². The molecular weight excluding hydrogens is 282 g/mol. The SMILES string of the molecule is CN(C)c1ccc(/C=C2\C=C(c3cccs3)OC2=O)cc1. The first kappa shape index (κ1) is 13.6. The number of benzene rings is 1. The zero-order valence-electron chi connectivity index (χ0n) is 11.9. The van der Waals surface area contributed by atoms with Gasteiger partial charge in [0.1, 0.15) is 5.76 Å². The van der Waals surface area contributed by atoms with Gasteiger partial charge in [-0.15, -0.1) is 11.3 Å². The molecule has 0 N–H and O–H groups in total. The smallest absolute Gasteiger partial charge is 0.343 e. The maximum atomic E-state index is 11.9. The summed E-state index contributed by atoms with van der Waals surface area (Å²) in [6, 6.07) is 11.9. The van der Waals surface area contributed by atoms with Gasteiger partial charge in [-0.05, 0) is 41.3 Å². The zero-order valence-corrected chi connectivity index (χ0v) is 12.7. The third-order valence-electron chi connectivity index (χ3n) is 3.22. The molecule has 106 valence electrons. The Balaban J connectivity index is 1.87. The van der Waals surface area contributed by atoms with Gasteiger partial charge in [0.05, 0.1) is 10.5 Å². The summed E-state index contributed by atoms with van der Waals surface area (Å²) < 4.78 is 5.31. The van der Waals surface area contributed by atoms with Crippen molar-refractivity contribution >= 4 is 34.8 Å². The highest BCUT2D eigenvalue weighted by molar-refractivity contribution is 7.11. The van der Waals surface area contributed by atoms with E-state index in [1.54, 1.807) is 17.4 Å². The van der Waals surface area contributed by atoms with E-state index in [0.29, 0.717) is 11.3 Å². The van der Waals surface area contributed by atoms with Gasteiger partial charge in [-0.2, -0.15) is 0 Å². The van der Waals surface area contributed by atoms with Crippen LogP contribution in [0.5, 0.6) is 0 Å². The molecule has 0 aliphatic carbocycles. The number of cyclic esters (lactones) is 1. The van der Waals surface area contributed by atoms with E-state index in [0.717, 1.165) is 16.1 Å². The van der Waals surface area contributed by atoms with Crippen LogP contribution in [0.1, 0.15) is 10.4 Å². The fourth-order valence-corrected chi connectivity index (χ4v) is 2.76. The molecule has 1 aromatic carbocycles. The van der Waals surface area contributed by atoms with Crippen LogP contribution in [0.3, 0.4) is 0 Å². The van der Waals surface area contributed by atoms with E-state index in [-0.39, 0.29) is 5.97 Å². The molecule has 0 fully saturated rings. The summed E-state index contributed by atoms with van der Waals surface area (Å²) in [5.74, 6) is 0.334. The van der Waals surface area contributed by atoms with Gasteiger partial charge in [0.2, 0.25) is 0 Å². The topological polar surface area (TPSA) is 29.5 Å². The maximum Gasteiger partial charge on any atom is 0.343 e. The predicted octanol–water partition coefficient (Wildman–Crippen LogP) is 3.80. The molecule has 2 heterocycles. The Morgan fingerprint density at radius 3 is 2.52 bits per heavy atom. The highest BCUT2D eigenvalue weighted by Gasteiger charge is 2.22. The lowest BCUT2D eigenvalue weighted by Crippen LogP contribution is -2.07. The van der Waals surface area contributed by atoms with Crippen LogP contribution in [-0.4, -0.2) is 20.1 Å². The average molecular weight is 297 g/mol. The quantitative estimate of drug-likeness (QED) is 0.637. The lowest BCUT2D eigenvalue weighted by atomic mass is 10.1. The molecule has 1 aliphatic rings. The largest absolute Gasteiger partial charge is 0.421 e. The Hall–Kier alpha value is -2.33. The molecule has 21 heavy (non-hydrogen) atoms. The molecule has 4 heteroatoms. The highest BCUT2D eigenvalue weighted by atomic mass is 32.1. The number of hydrogen-bond acceptors (Lipinski definition) is 4. The van der Waals surface area contributed by atoms with Gasteiger partial charge in [-0.25, -0.2) is 4.79 Å². The Morgan fingerprint density at radius 1 is 1.14 bits per heavy atom. The summed E-state index contributed by atoms with van der Waals surface area (Å²) in [6.07, 6.45) is 3.65. The third kappa shape index (κ3) is 2.90. The van der Waals surface area contributed by atoms with Crippen LogP contribution in [0.15, 0.2) is 53.4 Å². The standard InChI is InChI=1S/C17H15NO2S/c1-18(2)14-7-5-12(6-8-14)10-13-11-15(20-17(13)19)16-4-3-9-21-16/h3-11H,1-2H3/b13-10+. The van der Waals surface area contributed by atoms with Gasteiger partial charge in [0.15, 0.2) is 0 Å². The number of hydrogen-bond donors (Lipinski definition) is 0. The molecule has 2 aromatic rings. The predicted molar refractivity (Wildman–Crippen MR) is 87.1 cm³/mol. The van der Waals surface area contributed by atoms with Crippen molar-refractivity contribution in [2.45, 2.75) is 0 Å². The third-order valence-corrected chi connectivity index (χ3v) is 4.11. The van der Waals surface area contributed by atoms with Crippen LogP contribution in [0.2, 0.25) is 0 Å². The van der Waals surface area contributed by atoms with Crippen molar-refractivity contribution in [2.24, 2.45) is 0 Å². The van der Waals surface area contributed by atoms with Gasteiger partial charge in [-0.1, -0.05) is 18.2 Å². The molecule has 0 atom stereocenters. The minimum Gasteiger partial charge on any atom is -0.421 e. The summed E-state index contributed by atoms with van der Waals surface area (Å²) in [7, 11) is 4.00. The minimum atomic E-state index is -0.296. The number of carbonyl (C=O) groups is 1. The molecule has 0 unspecified atom stereocenters. The lowest BCUT2D eigenvalue weighted by molar-refractivity contribution is -0.130. The second kappa shape index (κ2) is 5.58. The monoisotopic (exact) mass is 297 g/mol. The van der Waals surface area contributed by atoms with Crippen LogP contribution in [0.25, 0.3) is 11.8 Å². The van der Waals surface area contributed by atoms with E-state index in [2.05, 4.69) is 0 Å². The fraction of sp³-hybridized carbons (Fsp3) is 0.118. The van der Waals surface area contributed by atoms with Gasteiger partial charge in [-0.3, -0.25) is 0 Å². The second-order valence-corrected chi connectivity index (χ2v) is 5.91. The number of nitrogens with zero attached hydrogens (tertiary/aromatic N) is 1. The van der Waals surface area contributed by atoms with Crippen LogP contribution in [0.4, 0.5) is 5.69 Å². The van der Waals surface area contributed by atoms with E-state index in [1.807, 2.05) is 66.8 Å². The Kier molecular flexibility index (Phi) is 3.62. The Bertz CT molecular complexity index is 710. The van der Waals surface area contributed by atoms with Crippen LogP contribution in [-0.2, 0) is 9.53 Å². The van der Waals surface area contributed by atoms with Gasteiger partial charge in [0, 0.05) is 19.8 Å². The van der Waals surface area contributed by atoms with Crippen molar-refractivity contribution in [3.05, 3.63) is 63.9 Å². The maximum absolute atomic E-state index is 11.9. The summed E-state index contributed by atoms with van der Waals surface area (Å²) in [6.45, 7) is 0. The first-order valence-corrected chi connectivity index (χ1v) is 7.48. The van der Waals surface area contributed by atoms with Crippen molar-refractivity contribution in [1.82, 2.24) is 0 Å². The first-order valence-electron chi connectivity index (χ1n) is 6.60. The first-order chi connectivity index (χ1) is 10.1. The summed E-state index contributed by atoms with van der Waals surface area (Å²) >= 11 is 1.56. The summed E-state index contributed by atoms with van der Waals surface area (Å²) in [5, 5.41) is 1.96. The Morgan fingerprint density at radius 2 is 1.90 bits per heavy atom. The van der Waals surface area contributed by atoms with Crippen molar-refractivity contribution < 1.29 is 9.53 Å². The molecule has 0 amide bonds. The van der Waals surface area contributed by atoms with E-state index >= 15 is 0 Å². The fourth-order valence-electron chi connectivity index (χ4n) is 2.08. The van der Waals surface area contributed by atoms with Gasteiger partial charge in [0.25, 0.3) is 0 Å². The number of ether oxygens (including phenoxy) is 1. The van der Waals surface area contributed by atoms with Crippen molar-refractivity contribution in [1.29, 1.82) is 0 Å². The summed E-state index contributed by atoms with van der Waals surface area (Å²) in [5.41, 5.74) is 2.69. The normalized spacial score (nSPS) is 16.0. The van der Waals surface area contributed by atoms with E-state index in [1.165, 1.54) is 0 Å². The number of esters is 1. The molecule has 1 aliphatic heterocycles. The molecule has 1 aromatic heterocycles. The molecule has 0 saturated carbocycles. The molecule has 0 spiro atoms. The molecule has 3 rings (SSSR count). The van der Waals surface area contributed by atoms with E-state index < -0.39 is 0 Å². The minimum absolute atomic E-state index is 0.296. The molecule has 0 radical (unpaired) electrons. The summed E-state index contributed by atoms with van der Waals surface area (Å²) in [4.78, 5) is 14.9. The van der Waals surface area contributed by atoms with Crippen LogP contribution < -0.4 is 4.90 Å². The van der Waals surface area contributed by atoms with Gasteiger partial charge >= 0.3 is 5.97 Å². The molecule has 0 saturated heterocycles.